The van der Waals surface area contributed by atoms with Gasteiger partial charge < -0.3 is 15.7 Å². The summed E-state index contributed by atoms with van der Waals surface area (Å²) in [5, 5.41) is 24.5. The van der Waals surface area contributed by atoms with Gasteiger partial charge in [-0.15, -0.1) is 0 Å². The van der Waals surface area contributed by atoms with Gasteiger partial charge in [0.25, 0.3) is 5.91 Å². The fraction of sp³-hybridized carbons (Fsp3) is 0.200. The van der Waals surface area contributed by atoms with Crippen LogP contribution >= 0.6 is 0 Å². The fourth-order valence-corrected chi connectivity index (χ4v) is 2.48. The molecule has 2 rings (SSSR count). The Morgan fingerprint density at radius 1 is 1.16 bits per heavy atom. The molecule has 0 fully saturated rings. The maximum Gasteiger partial charge on any atom is 0.267 e. The number of hydrogen-bond donors (Lipinski definition) is 3. The Morgan fingerprint density at radius 2 is 1.80 bits per heavy atom. The number of amides is 1. The molecule has 0 heterocycles. The minimum atomic E-state index is -0.467. The average Bonchev–Trinajstić information content (AvgIpc) is 2.62. The van der Waals surface area contributed by atoms with E-state index in [1.807, 2.05) is 38.1 Å². The van der Waals surface area contributed by atoms with Gasteiger partial charge in [0.2, 0.25) is 0 Å². The normalized spacial score (nSPS) is 10.8. The third-order valence-corrected chi connectivity index (χ3v) is 3.83. The van der Waals surface area contributed by atoms with Crippen LogP contribution in [0.5, 0.6) is 5.75 Å². The third-order valence-electron chi connectivity index (χ3n) is 3.83. The van der Waals surface area contributed by atoms with Crippen LogP contribution in [-0.2, 0) is 17.6 Å². The molecule has 3 N–H and O–H groups in total. The van der Waals surface area contributed by atoms with Crippen molar-refractivity contribution in [3.63, 3.8) is 0 Å². The number of carbonyl (C=O) groups excluding carboxylic acids is 1. The lowest BCUT2D eigenvalue weighted by molar-refractivity contribution is -0.112. The van der Waals surface area contributed by atoms with E-state index < -0.39 is 5.91 Å². The van der Waals surface area contributed by atoms with Gasteiger partial charge >= 0.3 is 0 Å². The fourth-order valence-electron chi connectivity index (χ4n) is 2.48. The molecule has 5 heteroatoms. The van der Waals surface area contributed by atoms with Gasteiger partial charge in [-0.2, -0.15) is 5.26 Å². The summed E-state index contributed by atoms with van der Waals surface area (Å²) in [5.41, 5.74) is 3.38. The maximum atomic E-state index is 12.5. The molecule has 0 radical (unpaired) electrons. The largest absolute Gasteiger partial charge is 0.508 e. The molecule has 0 saturated carbocycles. The smallest absolute Gasteiger partial charge is 0.267 e. The second-order valence-corrected chi connectivity index (χ2v) is 5.48. The molecule has 0 unspecified atom stereocenters. The molecule has 0 aliphatic rings. The molecule has 1 amide bonds. The number of phenols is 1. The quantitative estimate of drug-likeness (QED) is 0.551. The van der Waals surface area contributed by atoms with E-state index in [1.165, 1.54) is 12.3 Å². The number of anilines is 2. The number of benzene rings is 2. The van der Waals surface area contributed by atoms with E-state index in [9.17, 15) is 15.2 Å². The highest BCUT2D eigenvalue weighted by Gasteiger charge is 2.13. The summed E-state index contributed by atoms with van der Waals surface area (Å²) in [7, 11) is 0. The van der Waals surface area contributed by atoms with E-state index in [4.69, 9.17) is 0 Å². The molecule has 2 aromatic rings. The second-order valence-electron chi connectivity index (χ2n) is 5.48. The topological polar surface area (TPSA) is 85.2 Å². The third kappa shape index (κ3) is 4.61. The number of rotatable bonds is 6. The first-order valence-corrected chi connectivity index (χ1v) is 8.17. The number of carbonyl (C=O) groups is 1. The highest BCUT2D eigenvalue weighted by molar-refractivity contribution is 6.07. The highest BCUT2D eigenvalue weighted by atomic mass is 16.3. The second kappa shape index (κ2) is 8.55. The number of aromatic hydroxyl groups is 1. The molecular weight excluding hydrogens is 314 g/mol. The van der Waals surface area contributed by atoms with Crippen molar-refractivity contribution >= 4 is 17.3 Å². The number of hydrogen-bond acceptors (Lipinski definition) is 4. The van der Waals surface area contributed by atoms with Crippen molar-refractivity contribution in [3.05, 3.63) is 65.4 Å². The zero-order valence-electron chi connectivity index (χ0n) is 14.3. The molecule has 0 aromatic heterocycles. The van der Waals surface area contributed by atoms with Gasteiger partial charge in [-0.3, -0.25) is 4.79 Å². The zero-order valence-corrected chi connectivity index (χ0v) is 14.3. The van der Waals surface area contributed by atoms with Crippen molar-refractivity contribution in [2.45, 2.75) is 26.7 Å². The van der Waals surface area contributed by atoms with Crippen molar-refractivity contribution in [1.82, 2.24) is 0 Å². The van der Waals surface area contributed by atoms with Crippen LogP contribution < -0.4 is 10.6 Å². The van der Waals surface area contributed by atoms with Crippen LogP contribution in [0.1, 0.15) is 25.0 Å². The van der Waals surface area contributed by atoms with E-state index in [0.29, 0.717) is 5.69 Å². The van der Waals surface area contributed by atoms with Crippen LogP contribution in [-0.4, -0.2) is 11.0 Å². The number of aryl methyl sites for hydroxylation is 2. The van der Waals surface area contributed by atoms with Gasteiger partial charge in [-0.05, 0) is 36.1 Å². The van der Waals surface area contributed by atoms with E-state index in [0.717, 1.165) is 29.7 Å². The molecule has 0 saturated heterocycles. The van der Waals surface area contributed by atoms with Crippen LogP contribution in [0.2, 0.25) is 0 Å². The molecule has 2 aromatic carbocycles. The maximum absolute atomic E-state index is 12.5. The molecule has 0 bridgehead atoms. The molecule has 0 aliphatic carbocycles. The van der Waals surface area contributed by atoms with Crippen LogP contribution in [0.15, 0.2) is 54.2 Å². The van der Waals surface area contributed by atoms with Gasteiger partial charge in [0.05, 0.1) is 0 Å². The van der Waals surface area contributed by atoms with Gasteiger partial charge in [0.1, 0.15) is 17.4 Å². The average molecular weight is 335 g/mol. The SMILES string of the molecule is CCc1cccc(CC)c1NC(=O)/C(C#N)=C\Nc1cccc(O)c1. The summed E-state index contributed by atoms with van der Waals surface area (Å²) in [4.78, 5) is 12.5. The minimum Gasteiger partial charge on any atom is -0.508 e. The summed E-state index contributed by atoms with van der Waals surface area (Å²) >= 11 is 0. The Morgan fingerprint density at radius 3 is 2.36 bits per heavy atom. The van der Waals surface area contributed by atoms with Crippen LogP contribution in [0, 0.1) is 11.3 Å². The number of nitrogens with zero attached hydrogens (tertiary/aromatic N) is 1. The lowest BCUT2D eigenvalue weighted by Gasteiger charge is -2.14. The van der Waals surface area contributed by atoms with Crippen LogP contribution in [0.4, 0.5) is 11.4 Å². The van der Waals surface area contributed by atoms with E-state index in [-0.39, 0.29) is 11.3 Å². The van der Waals surface area contributed by atoms with Gasteiger partial charge in [-0.25, -0.2) is 0 Å². The lowest BCUT2D eigenvalue weighted by Crippen LogP contribution is -2.17. The van der Waals surface area contributed by atoms with E-state index in [2.05, 4.69) is 10.6 Å². The van der Waals surface area contributed by atoms with Gasteiger partial charge in [0, 0.05) is 23.6 Å². The Hall–Kier alpha value is -3.26. The molecule has 0 atom stereocenters. The van der Waals surface area contributed by atoms with E-state index >= 15 is 0 Å². The molecule has 0 aliphatic heterocycles. The Kier molecular flexibility index (Phi) is 6.19. The molecule has 0 spiro atoms. The number of para-hydroxylation sites is 1. The lowest BCUT2D eigenvalue weighted by atomic mass is 10.0. The van der Waals surface area contributed by atoms with Crippen molar-refractivity contribution in [2.75, 3.05) is 10.6 Å². The van der Waals surface area contributed by atoms with Crippen LogP contribution in [0.3, 0.4) is 0 Å². The Balaban J connectivity index is 2.21. The molecule has 128 valence electrons. The summed E-state index contributed by atoms with van der Waals surface area (Å²) < 4.78 is 0. The van der Waals surface area contributed by atoms with Crippen molar-refractivity contribution in [1.29, 1.82) is 5.26 Å². The van der Waals surface area contributed by atoms with Crippen molar-refractivity contribution in [3.8, 4) is 11.8 Å². The predicted octanol–water partition coefficient (Wildman–Crippen LogP) is 3.98. The molecule has 5 nitrogen and oxygen atoms in total. The first kappa shape index (κ1) is 18.1. The van der Waals surface area contributed by atoms with Crippen molar-refractivity contribution < 1.29 is 9.90 Å². The summed E-state index contributed by atoms with van der Waals surface area (Å²) in [6.07, 6.45) is 2.91. The minimum absolute atomic E-state index is 0.0451. The number of nitrogens with one attached hydrogen (secondary N) is 2. The Bertz CT molecular complexity index is 813. The van der Waals surface area contributed by atoms with E-state index in [1.54, 1.807) is 18.2 Å². The first-order valence-electron chi connectivity index (χ1n) is 8.17. The first-order chi connectivity index (χ1) is 12.1. The highest BCUT2D eigenvalue weighted by Crippen LogP contribution is 2.23. The monoisotopic (exact) mass is 335 g/mol. The molecule has 25 heavy (non-hydrogen) atoms. The summed E-state index contributed by atoms with van der Waals surface area (Å²) in [6, 6.07) is 14.3. The molecular formula is C20H21N3O2. The van der Waals surface area contributed by atoms with Gasteiger partial charge in [-0.1, -0.05) is 38.1 Å². The number of phenolic OH excluding ortho intramolecular Hbond substituents is 1. The van der Waals surface area contributed by atoms with Gasteiger partial charge in [0.15, 0.2) is 0 Å². The number of nitriles is 1. The van der Waals surface area contributed by atoms with Crippen LogP contribution in [0.25, 0.3) is 0 Å². The predicted molar refractivity (Wildman–Crippen MR) is 99.3 cm³/mol. The Labute approximate surface area is 147 Å². The zero-order chi connectivity index (χ0) is 18.2. The standard InChI is InChI=1S/C20H21N3O2/c1-3-14-7-5-8-15(4-2)19(14)23-20(25)16(12-21)13-22-17-9-6-10-18(24)11-17/h5-11,13,22,24H,3-4H2,1-2H3,(H,23,25)/b16-13-. The summed E-state index contributed by atoms with van der Waals surface area (Å²) in [6.45, 7) is 4.05. The summed E-state index contributed by atoms with van der Waals surface area (Å²) in [5.74, 6) is -0.364. The van der Waals surface area contributed by atoms with Crippen molar-refractivity contribution in [2.24, 2.45) is 0 Å².